The van der Waals surface area contributed by atoms with E-state index in [9.17, 15) is 4.79 Å². The van der Waals surface area contributed by atoms with Crippen molar-refractivity contribution in [2.24, 2.45) is 0 Å². The van der Waals surface area contributed by atoms with E-state index in [0.29, 0.717) is 47.5 Å². The second-order valence-corrected chi connectivity index (χ2v) is 11.4. The van der Waals surface area contributed by atoms with E-state index in [1.54, 1.807) is 31.4 Å². The van der Waals surface area contributed by atoms with E-state index in [4.69, 9.17) is 44.9 Å². The number of halogens is 4. The van der Waals surface area contributed by atoms with Crippen molar-refractivity contribution in [2.75, 3.05) is 12.0 Å². The van der Waals surface area contributed by atoms with Gasteiger partial charge in [0.25, 0.3) is 5.91 Å². The summed E-state index contributed by atoms with van der Waals surface area (Å²) in [7, 11) is 1.57. The van der Waals surface area contributed by atoms with E-state index in [-0.39, 0.29) is 5.91 Å². The minimum atomic E-state index is -0.259. The number of amides is 1. The SMILES string of the molecule is COc1cc(/C=C2\SC(=S)N(c3ccc(Cl)cc3Cl)C2=O)cc(Br)c1OCc1ccc(Br)cc1. The van der Waals surface area contributed by atoms with Gasteiger partial charge in [0, 0.05) is 9.50 Å². The third-order valence-corrected chi connectivity index (χ3v) is 7.75. The molecule has 0 N–H and O–H groups in total. The summed E-state index contributed by atoms with van der Waals surface area (Å²) in [4.78, 5) is 15.0. The summed E-state index contributed by atoms with van der Waals surface area (Å²) in [6.45, 7) is 0.377. The Bertz CT molecular complexity index is 1320. The summed E-state index contributed by atoms with van der Waals surface area (Å²) in [6.07, 6.45) is 1.76. The molecule has 0 unspecified atom stereocenters. The van der Waals surface area contributed by atoms with Gasteiger partial charge in [-0.3, -0.25) is 9.69 Å². The first-order valence-corrected chi connectivity index (χ1v) is 13.3. The molecule has 1 saturated heterocycles. The fourth-order valence-corrected chi connectivity index (χ4v) is 5.81. The molecule has 0 aliphatic carbocycles. The van der Waals surface area contributed by atoms with Gasteiger partial charge in [0.1, 0.15) is 6.61 Å². The Labute approximate surface area is 233 Å². The molecule has 0 radical (unpaired) electrons. The Hall–Kier alpha value is -1.55. The van der Waals surface area contributed by atoms with Crippen molar-refractivity contribution in [3.05, 3.63) is 89.6 Å². The van der Waals surface area contributed by atoms with E-state index in [1.807, 2.05) is 36.4 Å². The maximum absolute atomic E-state index is 13.1. The van der Waals surface area contributed by atoms with E-state index in [1.165, 1.54) is 16.7 Å². The number of nitrogens with zero attached hydrogens (tertiary/aromatic N) is 1. The van der Waals surface area contributed by atoms with Crippen molar-refractivity contribution >= 4 is 101 Å². The maximum atomic E-state index is 13.1. The van der Waals surface area contributed by atoms with Crippen molar-refractivity contribution in [3.63, 3.8) is 0 Å². The highest BCUT2D eigenvalue weighted by Gasteiger charge is 2.34. The fourth-order valence-electron chi connectivity index (χ4n) is 3.19. The lowest BCUT2D eigenvalue weighted by molar-refractivity contribution is -0.113. The van der Waals surface area contributed by atoms with Crippen molar-refractivity contribution in [3.8, 4) is 11.5 Å². The molecule has 0 atom stereocenters. The number of rotatable bonds is 6. The number of benzene rings is 3. The molecule has 174 valence electrons. The van der Waals surface area contributed by atoms with Crippen molar-refractivity contribution in [2.45, 2.75) is 6.61 Å². The number of carbonyl (C=O) groups is 1. The predicted octanol–water partition coefficient (Wildman–Crippen LogP) is 8.51. The van der Waals surface area contributed by atoms with Gasteiger partial charge >= 0.3 is 0 Å². The van der Waals surface area contributed by atoms with E-state index in [0.717, 1.165) is 15.6 Å². The molecular formula is C24H15Br2Cl2NO3S2. The Balaban J connectivity index is 1.59. The monoisotopic (exact) mass is 657 g/mol. The highest BCUT2D eigenvalue weighted by Crippen LogP contribution is 2.42. The summed E-state index contributed by atoms with van der Waals surface area (Å²) >= 11 is 25.9. The molecule has 1 amide bonds. The lowest BCUT2D eigenvalue weighted by Crippen LogP contribution is -2.27. The first-order chi connectivity index (χ1) is 16.3. The van der Waals surface area contributed by atoms with E-state index >= 15 is 0 Å². The third kappa shape index (κ3) is 5.64. The Morgan fingerprint density at radius 1 is 1.09 bits per heavy atom. The summed E-state index contributed by atoms with van der Waals surface area (Å²) in [5.74, 6) is 0.849. The number of ether oxygens (including phenoxy) is 2. The largest absolute Gasteiger partial charge is 0.493 e. The summed E-state index contributed by atoms with van der Waals surface area (Å²) < 4.78 is 13.7. The highest BCUT2D eigenvalue weighted by atomic mass is 79.9. The van der Waals surface area contributed by atoms with Crippen molar-refractivity contribution in [1.82, 2.24) is 0 Å². The number of anilines is 1. The van der Waals surface area contributed by atoms with Gasteiger partial charge in [0.05, 0.1) is 27.2 Å². The van der Waals surface area contributed by atoms with Crippen LogP contribution in [0.15, 0.2) is 68.4 Å². The number of methoxy groups -OCH3 is 1. The molecule has 1 aliphatic rings. The Morgan fingerprint density at radius 2 is 1.82 bits per heavy atom. The van der Waals surface area contributed by atoms with Crippen LogP contribution < -0.4 is 14.4 Å². The molecule has 10 heteroatoms. The van der Waals surface area contributed by atoms with Gasteiger partial charge in [0.15, 0.2) is 15.8 Å². The third-order valence-electron chi connectivity index (χ3n) is 4.79. The number of carbonyl (C=O) groups excluding carboxylic acids is 1. The molecule has 34 heavy (non-hydrogen) atoms. The molecule has 4 nitrogen and oxygen atoms in total. The molecule has 1 fully saturated rings. The van der Waals surface area contributed by atoms with E-state index in [2.05, 4.69) is 31.9 Å². The van der Waals surface area contributed by atoms with Gasteiger partial charge < -0.3 is 9.47 Å². The quantitative estimate of drug-likeness (QED) is 0.196. The van der Waals surface area contributed by atoms with Crippen LogP contribution in [-0.4, -0.2) is 17.3 Å². The molecule has 0 bridgehead atoms. The molecule has 0 saturated carbocycles. The molecule has 0 aromatic heterocycles. The first-order valence-electron chi connectivity index (χ1n) is 9.74. The minimum Gasteiger partial charge on any atom is -0.493 e. The minimum absolute atomic E-state index is 0.259. The summed E-state index contributed by atoms with van der Waals surface area (Å²) in [6, 6.07) is 16.5. The molecule has 3 aromatic carbocycles. The zero-order valence-corrected chi connectivity index (χ0v) is 23.8. The van der Waals surface area contributed by atoms with Gasteiger partial charge in [-0.05, 0) is 75.6 Å². The molecule has 1 aliphatic heterocycles. The van der Waals surface area contributed by atoms with Crippen LogP contribution in [0.1, 0.15) is 11.1 Å². The van der Waals surface area contributed by atoms with Crippen LogP contribution in [-0.2, 0) is 11.4 Å². The number of thiocarbonyl (C=S) groups is 1. The van der Waals surface area contributed by atoms with Gasteiger partial charge in [-0.2, -0.15) is 0 Å². The van der Waals surface area contributed by atoms with Crippen molar-refractivity contribution in [1.29, 1.82) is 0 Å². The lowest BCUT2D eigenvalue weighted by atomic mass is 10.1. The summed E-state index contributed by atoms with van der Waals surface area (Å²) in [5, 5.41) is 0.830. The second-order valence-electron chi connectivity index (χ2n) is 7.06. The first kappa shape index (κ1) is 25.5. The van der Waals surface area contributed by atoms with Crippen LogP contribution in [0.4, 0.5) is 5.69 Å². The van der Waals surface area contributed by atoms with Crippen LogP contribution in [0.3, 0.4) is 0 Å². The number of thioether (sulfide) groups is 1. The predicted molar refractivity (Wildman–Crippen MR) is 151 cm³/mol. The van der Waals surface area contributed by atoms with Gasteiger partial charge in [-0.25, -0.2) is 0 Å². The Morgan fingerprint density at radius 3 is 2.50 bits per heavy atom. The standard InChI is InChI=1S/C24H15Br2Cl2NO3S2/c1-31-20-9-14(8-17(26)22(20)32-12-13-2-4-15(25)5-3-13)10-21-23(30)29(24(33)34-21)19-7-6-16(27)11-18(19)28/h2-11H,12H2,1H3/b21-10-. The topological polar surface area (TPSA) is 38.8 Å². The summed E-state index contributed by atoms with van der Waals surface area (Å²) in [5.41, 5.74) is 2.26. The average molecular weight is 660 g/mol. The molecule has 1 heterocycles. The van der Waals surface area contributed by atoms with Gasteiger partial charge in [0.2, 0.25) is 0 Å². The van der Waals surface area contributed by atoms with Crippen LogP contribution in [0.2, 0.25) is 10.0 Å². The van der Waals surface area contributed by atoms with Gasteiger partial charge in [-0.1, -0.05) is 75.2 Å². The lowest BCUT2D eigenvalue weighted by Gasteiger charge is -2.16. The number of hydrogen-bond donors (Lipinski definition) is 0. The van der Waals surface area contributed by atoms with Crippen LogP contribution in [0.5, 0.6) is 11.5 Å². The fraction of sp³-hybridized carbons (Fsp3) is 0.0833. The zero-order chi connectivity index (χ0) is 24.4. The number of hydrogen-bond acceptors (Lipinski definition) is 5. The van der Waals surface area contributed by atoms with E-state index < -0.39 is 0 Å². The normalized spacial score (nSPS) is 14.7. The smallest absolute Gasteiger partial charge is 0.270 e. The van der Waals surface area contributed by atoms with Crippen LogP contribution >= 0.6 is 79.0 Å². The zero-order valence-electron chi connectivity index (χ0n) is 17.5. The molecule has 3 aromatic rings. The molecule has 0 spiro atoms. The highest BCUT2D eigenvalue weighted by molar-refractivity contribution is 9.10. The Kier molecular flexibility index (Phi) is 8.28. The average Bonchev–Trinajstić information content (AvgIpc) is 3.06. The maximum Gasteiger partial charge on any atom is 0.270 e. The van der Waals surface area contributed by atoms with Crippen LogP contribution in [0, 0.1) is 0 Å². The van der Waals surface area contributed by atoms with Crippen molar-refractivity contribution < 1.29 is 14.3 Å². The van der Waals surface area contributed by atoms with Gasteiger partial charge in [-0.15, -0.1) is 0 Å². The van der Waals surface area contributed by atoms with Crippen LogP contribution in [0.25, 0.3) is 6.08 Å². The molecular weight excluding hydrogens is 645 g/mol. The second kappa shape index (κ2) is 11.0. The molecule has 4 rings (SSSR count).